The van der Waals surface area contributed by atoms with E-state index in [2.05, 4.69) is 35.5 Å². The third-order valence-corrected chi connectivity index (χ3v) is 5.09. The van der Waals surface area contributed by atoms with E-state index in [1.54, 1.807) is 12.4 Å². The second kappa shape index (κ2) is 7.20. The van der Waals surface area contributed by atoms with Crippen LogP contribution in [0.4, 0.5) is 23.1 Å². The molecule has 5 aromatic rings. The zero-order chi connectivity index (χ0) is 20.7. The molecular weight excluding hydrogens is 404 g/mol. The molecule has 0 fully saturated rings. The molecule has 0 unspecified atom stereocenters. The molecule has 0 atom stereocenters. The molecule has 2 aromatic carbocycles. The Kier molecular flexibility index (Phi) is 4.36. The van der Waals surface area contributed by atoms with E-state index in [1.807, 2.05) is 48.2 Å². The molecule has 3 aromatic heterocycles. The van der Waals surface area contributed by atoms with Gasteiger partial charge in [-0.2, -0.15) is 10.1 Å². The average Bonchev–Trinajstić information content (AvgIpc) is 3.36. The Morgan fingerprint density at radius 2 is 1.97 bits per heavy atom. The summed E-state index contributed by atoms with van der Waals surface area (Å²) in [5.41, 5.74) is 3.80. The predicted molar refractivity (Wildman–Crippen MR) is 118 cm³/mol. The van der Waals surface area contributed by atoms with Gasteiger partial charge in [-0.05, 0) is 37.3 Å². The predicted octanol–water partition coefficient (Wildman–Crippen LogP) is 4.08. The van der Waals surface area contributed by atoms with Crippen LogP contribution in [0, 0.1) is 0 Å². The number of anilines is 4. The number of hydrogen-bond donors (Lipinski definition) is 4. The van der Waals surface area contributed by atoms with E-state index in [9.17, 15) is 4.79 Å². The number of halogens is 1. The van der Waals surface area contributed by atoms with Crippen molar-refractivity contribution in [1.82, 2.24) is 30.1 Å². The second-order valence-corrected chi connectivity index (χ2v) is 7.09. The summed E-state index contributed by atoms with van der Waals surface area (Å²) in [5, 5.41) is 11.7. The largest absolute Gasteiger partial charge is 0.325 e. The lowest BCUT2D eigenvalue weighted by molar-refractivity contribution is 0.984. The minimum Gasteiger partial charge on any atom is -0.325 e. The van der Waals surface area contributed by atoms with Crippen LogP contribution in [0.3, 0.4) is 0 Å². The maximum Gasteiger partial charge on any atom is 0.323 e. The first-order valence-corrected chi connectivity index (χ1v) is 9.71. The van der Waals surface area contributed by atoms with Crippen LogP contribution in [0.2, 0.25) is 5.02 Å². The molecule has 0 aliphatic rings. The Morgan fingerprint density at radius 3 is 2.83 bits per heavy atom. The summed E-state index contributed by atoms with van der Waals surface area (Å²) in [4.78, 5) is 27.9. The molecule has 0 saturated heterocycles. The lowest BCUT2D eigenvalue weighted by Crippen LogP contribution is -2.19. The number of H-pyrrole nitrogens is 3. The second-order valence-electron chi connectivity index (χ2n) is 6.68. The normalized spacial score (nSPS) is 11.3. The fourth-order valence-corrected chi connectivity index (χ4v) is 3.66. The molecule has 0 bridgehead atoms. The summed E-state index contributed by atoms with van der Waals surface area (Å²) >= 11 is 6.47. The van der Waals surface area contributed by atoms with Crippen molar-refractivity contribution in [3.63, 3.8) is 0 Å². The zero-order valence-electron chi connectivity index (χ0n) is 15.9. The molecule has 0 amide bonds. The summed E-state index contributed by atoms with van der Waals surface area (Å²) in [6, 6.07) is 11.4. The number of nitrogens with one attached hydrogen (secondary N) is 4. The van der Waals surface area contributed by atoms with Gasteiger partial charge in [0.1, 0.15) is 5.02 Å². The molecule has 0 aliphatic carbocycles. The van der Waals surface area contributed by atoms with Crippen LogP contribution in [0.1, 0.15) is 6.92 Å². The minimum atomic E-state index is -0.251. The highest BCUT2D eigenvalue weighted by atomic mass is 35.5. The van der Waals surface area contributed by atoms with Gasteiger partial charge in [0, 0.05) is 17.6 Å². The van der Waals surface area contributed by atoms with Gasteiger partial charge in [-0.25, -0.2) is 9.78 Å². The SMILES string of the molecule is CCN(c1nc(Nc2ccc3[nH]c(=O)[nH]c3c2)ncc1Cl)c1cccc2[nH]ncc12. The maximum atomic E-state index is 11.5. The molecule has 3 heterocycles. The van der Waals surface area contributed by atoms with Gasteiger partial charge in [0.05, 0.1) is 34.6 Å². The van der Waals surface area contributed by atoms with E-state index in [0.717, 1.165) is 27.8 Å². The average molecular weight is 421 g/mol. The van der Waals surface area contributed by atoms with Crippen LogP contribution in [-0.2, 0) is 0 Å². The maximum absolute atomic E-state index is 11.5. The van der Waals surface area contributed by atoms with Gasteiger partial charge >= 0.3 is 5.69 Å². The number of nitrogens with zero attached hydrogens (tertiary/aromatic N) is 4. The first kappa shape index (κ1) is 18.2. The topological polar surface area (TPSA) is 118 Å². The third-order valence-electron chi connectivity index (χ3n) is 4.82. The molecule has 0 radical (unpaired) electrons. The Hall–Kier alpha value is -3.85. The van der Waals surface area contributed by atoms with Gasteiger partial charge in [0.25, 0.3) is 0 Å². The molecule has 30 heavy (non-hydrogen) atoms. The summed E-state index contributed by atoms with van der Waals surface area (Å²) < 4.78 is 0. The van der Waals surface area contributed by atoms with Crippen LogP contribution in [0.25, 0.3) is 21.9 Å². The Labute approximate surface area is 175 Å². The van der Waals surface area contributed by atoms with Crippen molar-refractivity contribution in [2.24, 2.45) is 0 Å². The van der Waals surface area contributed by atoms with E-state index in [-0.39, 0.29) is 5.69 Å². The number of hydrogen-bond acceptors (Lipinski definition) is 6. The monoisotopic (exact) mass is 420 g/mol. The first-order chi connectivity index (χ1) is 14.6. The molecule has 0 aliphatic heterocycles. The molecule has 4 N–H and O–H groups in total. The van der Waals surface area contributed by atoms with Crippen molar-refractivity contribution in [2.75, 3.05) is 16.8 Å². The number of rotatable bonds is 5. The standard InChI is InChI=1S/C20H17ClN8O/c1-2-29(17-5-3-4-14-12(17)9-23-28-14)18-13(21)10-22-19(27-18)24-11-6-7-15-16(8-11)26-20(30)25-15/h3-10H,2H2,1H3,(H,23,28)(H,22,24,27)(H2,25,26,30). The van der Waals surface area contributed by atoms with Crippen molar-refractivity contribution < 1.29 is 0 Å². The number of fused-ring (bicyclic) bond motifs is 2. The zero-order valence-corrected chi connectivity index (χ0v) is 16.7. The Morgan fingerprint density at radius 1 is 1.10 bits per heavy atom. The lowest BCUT2D eigenvalue weighted by atomic mass is 10.2. The highest BCUT2D eigenvalue weighted by molar-refractivity contribution is 6.33. The van der Waals surface area contributed by atoms with Crippen molar-refractivity contribution in [3.05, 3.63) is 64.3 Å². The number of benzene rings is 2. The molecule has 5 rings (SSSR count). The first-order valence-electron chi connectivity index (χ1n) is 9.33. The van der Waals surface area contributed by atoms with E-state index in [4.69, 9.17) is 11.6 Å². The number of imidazole rings is 1. The number of aromatic amines is 3. The molecular formula is C20H17ClN8O. The van der Waals surface area contributed by atoms with Gasteiger partial charge in [-0.15, -0.1) is 0 Å². The highest BCUT2D eigenvalue weighted by Crippen LogP contribution is 2.34. The quantitative estimate of drug-likeness (QED) is 0.340. The van der Waals surface area contributed by atoms with E-state index < -0.39 is 0 Å². The van der Waals surface area contributed by atoms with E-state index in [1.165, 1.54) is 0 Å². The van der Waals surface area contributed by atoms with Crippen molar-refractivity contribution in [3.8, 4) is 0 Å². The molecule has 10 heteroatoms. The molecule has 9 nitrogen and oxygen atoms in total. The van der Waals surface area contributed by atoms with Gasteiger partial charge < -0.3 is 20.2 Å². The van der Waals surface area contributed by atoms with Crippen LogP contribution in [0.5, 0.6) is 0 Å². The minimum absolute atomic E-state index is 0.251. The Balaban J connectivity index is 1.53. The van der Waals surface area contributed by atoms with Crippen LogP contribution in [-0.4, -0.2) is 36.7 Å². The fourth-order valence-electron chi connectivity index (χ4n) is 3.47. The Bertz CT molecular complexity index is 1420. The lowest BCUT2D eigenvalue weighted by Gasteiger charge is -2.24. The van der Waals surface area contributed by atoms with Crippen molar-refractivity contribution in [1.29, 1.82) is 0 Å². The van der Waals surface area contributed by atoms with Crippen LogP contribution in [0.15, 0.2) is 53.6 Å². The van der Waals surface area contributed by atoms with Crippen LogP contribution >= 0.6 is 11.6 Å². The smallest absolute Gasteiger partial charge is 0.323 e. The summed E-state index contributed by atoms with van der Waals surface area (Å²) in [6.45, 7) is 2.68. The fraction of sp³-hybridized carbons (Fsp3) is 0.100. The van der Waals surface area contributed by atoms with Crippen LogP contribution < -0.4 is 15.9 Å². The summed E-state index contributed by atoms with van der Waals surface area (Å²) in [6.07, 6.45) is 3.36. The van der Waals surface area contributed by atoms with Gasteiger partial charge in [-0.1, -0.05) is 17.7 Å². The van der Waals surface area contributed by atoms with Crippen molar-refractivity contribution in [2.45, 2.75) is 6.92 Å². The summed E-state index contributed by atoms with van der Waals surface area (Å²) in [5.74, 6) is 0.978. The third kappa shape index (κ3) is 3.15. The highest BCUT2D eigenvalue weighted by Gasteiger charge is 2.17. The molecule has 0 spiro atoms. The van der Waals surface area contributed by atoms with Gasteiger partial charge in [0.15, 0.2) is 5.82 Å². The molecule has 0 saturated carbocycles. The molecule has 150 valence electrons. The van der Waals surface area contributed by atoms with E-state index in [0.29, 0.717) is 28.9 Å². The van der Waals surface area contributed by atoms with Gasteiger partial charge in [0.2, 0.25) is 5.95 Å². The van der Waals surface area contributed by atoms with Crippen molar-refractivity contribution >= 4 is 56.7 Å². The number of aromatic nitrogens is 6. The van der Waals surface area contributed by atoms with E-state index >= 15 is 0 Å². The summed E-state index contributed by atoms with van der Waals surface area (Å²) in [7, 11) is 0. The van der Waals surface area contributed by atoms with Gasteiger partial charge in [-0.3, -0.25) is 5.10 Å².